The predicted molar refractivity (Wildman–Crippen MR) is 78.1 cm³/mol. The zero-order valence-corrected chi connectivity index (χ0v) is 12.2. The van der Waals surface area contributed by atoms with Crippen molar-refractivity contribution in [1.82, 2.24) is 15.2 Å². The van der Waals surface area contributed by atoms with E-state index in [0.717, 1.165) is 19.5 Å². The van der Waals surface area contributed by atoms with Crippen LogP contribution in [0.25, 0.3) is 0 Å². The Morgan fingerprint density at radius 3 is 2.85 bits per heavy atom. The normalized spacial score (nSPS) is 19.1. The second-order valence-electron chi connectivity index (χ2n) is 5.26. The van der Waals surface area contributed by atoms with Crippen LogP contribution in [0.4, 0.5) is 10.5 Å². The van der Waals surface area contributed by atoms with E-state index in [1.54, 1.807) is 25.4 Å². The third kappa shape index (κ3) is 3.84. The third-order valence-corrected chi connectivity index (χ3v) is 3.49. The second kappa shape index (κ2) is 6.56. The molecule has 2 heterocycles. The molecule has 0 spiro atoms. The fourth-order valence-electron chi connectivity index (χ4n) is 2.30. The Hall–Kier alpha value is -1.82. The Morgan fingerprint density at radius 1 is 1.50 bits per heavy atom. The van der Waals surface area contributed by atoms with Crippen LogP contribution >= 0.6 is 0 Å². The maximum absolute atomic E-state index is 11.9. The minimum absolute atomic E-state index is 0.187. The molecule has 0 saturated carbocycles. The first kappa shape index (κ1) is 14.6. The largest absolute Gasteiger partial charge is 0.481 e. The van der Waals surface area contributed by atoms with Crippen molar-refractivity contribution in [3.63, 3.8) is 0 Å². The number of carbonyl (C=O) groups excluding carboxylic acids is 1. The number of anilines is 1. The summed E-state index contributed by atoms with van der Waals surface area (Å²) in [5.41, 5.74) is 0.655. The number of ether oxygens (including phenoxy) is 1. The Kier molecular flexibility index (Phi) is 4.79. The lowest BCUT2D eigenvalue weighted by molar-refractivity contribution is 0.244. The Bertz CT molecular complexity index is 447. The van der Waals surface area contributed by atoms with Gasteiger partial charge in [0.2, 0.25) is 5.88 Å². The van der Waals surface area contributed by atoms with Gasteiger partial charge in [0.05, 0.1) is 19.0 Å². The molecule has 1 aliphatic rings. The number of urea groups is 1. The maximum Gasteiger partial charge on any atom is 0.319 e. The van der Waals surface area contributed by atoms with Crippen molar-refractivity contribution >= 4 is 11.7 Å². The minimum Gasteiger partial charge on any atom is -0.481 e. The van der Waals surface area contributed by atoms with Crippen LogP contribution in [0, 0.1) is 0 Å². The molecule has 1 aromatic rings. The van der Waals surface area contributed by atoms with Crippen LogP contribution in [-0.4, -0.2) is 48.2 Å². The fourth-order valence-corrected chi connectivity index (χ4v) is 2.30. The van der Waals surface area contributed by atoms with E-state index in [0.29, 0.717) is 17.6 Å². The quantitative estimate of drug-likeness (QED) is 0.879. The van der Waals surface area contributed by atoms with E-state index >= 15 is 0 Å². The van der Waals surface area contributed by atoms with E-state index in [1.807, 2.05) is 0 Å². The number of nitrogens with one attached hydrogen (secondary N) is 2. The molecule has 6 heteroatoms. The summed E-state index contributed by atoms with van der Waals surface area (Å²) in [6, 6.07) is 4.03. The van der Waals surface area contributed by atoms with Crippen LogP contribution in [0.15, 0.2) is 18.3 Å². The molecule has 0 radical (unpaired) electrons. The highest BCUT2D eigenvalue weighted by atomic mass is 16.5. The molecular formula is C14H22N4O2. The summed E-state index contributed by atoms with van der Waals surface area (Å²) >= 11 is 0. The Morgan fingerprint density at radius 2 is 2.30 bits per heavy atom. The zero-order valence-electron chi connectivity index (χ0n) is 12.2. The van der Waals surface area contributed by atoms with E-state index in [4.69, 9.17) is 4.74 Å². The van der Waals surface area contributed by atoms with E-state index in [-0.39, 0.29) is 12.1 Å². The molecule has 110 valence electrons. The lowest BCUT2D eigenvalue weighted by Crippen LogP contribution is -2.40. The molecule has 1 unspecified atom stereocenters. The first-order valence-electron chi connectivity index (χ1n) is 6.90. The van der Waals surface area contributed by atoms with Crippen molar-refractivity contribution in [3.05, 3.63) is 18.3 Å². The average molecular weight is 278 g/mol. The van der Waals surface area contributed by atoms with Gasteiger partial charge in [0.25, 0.3) is 0 Å². The van der Waals surface area contributed by atoms with Crippen LogP contribution < -0.4 is 15.4 Å². The van der Waals surface area contributed by atoms with Gasteiger partial charge in [-0.05, 0) is 26.3 Å². The highest BCUT2D eigenvalue weighted by Crippen LogP contribution is 2.13. The van der Waals surface area contributed by atoms with Gasteiger partial charge >= 0.3 is 6.03 Å². The lowest BCUT2D eigenvalue weighted by atomic mass is 10.3. The number of amides is 2. The first-order valence-corrected chi connectivity index (χ1v) is 6.90. The molecule has 1 fully saturated rings. The molecular weight excluding hydrogens is 256 g/mol. The number of nitrogens with zero attached hydrogens (tertiary/aromatic N) is 2. The molecule has 6 nitrogen and oxygen atoms in total. The molecule has 1 saturated heterocycles. The monoisotopic (exact) mass is 278 g/mol. The molecule has 1 aromatic heterocycles. The third-order valence-electron chi connectivity index (χ3n) is 3.49. The van der Waals surface area contributed by atoms with Gasteiger partial charge in [0.15, 0.2) is 0 Å². The summed E-state index contributed by atoms with van der Waals surface area (Å²) < 4.78 is 4.97. The van der Waals surface area contributed by atoms with E-state index in [2.05, 4.69) is 34.4 Å². The van der Waals surface area contributed by atoms with Crippen molar-refractivity contribution in [3.8, 4) is 5.88 Å². The lowest BCUT2D eigenvalue weighted by Gasteiger charge is -2.20. The standard InChI is InChI=1S/C14H22N4O2/c1-10(2)18-7-6-12(9-18)17-14(19)16-11-4-5-13(20-3)15-8-11/h4-5,8,10,12H,6-7,9H2,1-3H3,(H2,16,17,19). The molecule has 20 heavy (non-hydrogen) atoms. The summed E-state index contributed by atoms with van der Waals surface area (Å²) in [5.74, 6) is 0.527. The number of hydrogen-bond acceptors (Lipinski definition) is 4. The fraction of sp³-hybridized carbons (Fsp3) is 0.571. The van der Waals surface area contributed by atoms with Gasteiger partial charge in [-0.3, -0.25) is 4.90 Å². The van der Waals surface area contributed by atoms with Gasteiger partial charge in [-0.1, -0.05) is 0 Å². The summed E-state index contributed by atoms with van der Waals surface area (Å²) in [7, 11) is 1.56. The zero-order chi connectivity index (χ0) is 14.5. The number of hydrogen-bond donors (Lipinski definition) is 2. The topological polar surface area (TPSA) is 66.5 Å². The van der Waals surface area contributed by atoms with Gasteiger partial charge in [-0.2, -0.15) is 0 Å². The predicted octanol–water partition coefficient (Wildman–Crippen LogP) is 1.69. The molecule has 0 aromatic carbocycles. The maximum atomic E-state index is 11.9. The van der Waals surface area contributed by atoms with Crippen molar-refractivity contribution in [1.29, 1.82) is 0 Å². The minimum atomic E-state index is -0.187. The molecule has 0 aliphatic carbocycles. The molecule has 2 rings (SSSR count). The SMILES string of the molecule is COc1ccc(NC(=O)NC2CCN(C(C)C)C2)cn1. The number of aromatic nitrogens is 1. The van der Waals surface area contributed by atoms with E-state index in [1.165, 1.54) is 0 Å². The highest BCUT2D eigenvalue weighted by Gasteiger charge is 2.25. The number of pyridine rings is 1. The molecule has 2 amide bonds. The summed E-state index contributed by atoms with van der Waals surface area (Å²) in [6.07, 6.45) is 2.57. The van der Waals surface area contributed by atoms with Gasteiger partial charge in [-0.15, -0.1) is 0 Å². The number of likely N-dealkylation sites (tertiary alicyclic amines) is 1. The molecule has 1 aliphatic heterocycles. The average Bonchev–Trinajstić information content (AvgIpc) is 2.88. The van der Waals surface area contributed by atoms with Crippen molar-refractivity contribution < 1.29 is 9.53 Å². The number of rotatable bonds is 4. The summed E-state index contributed by atoms with van der Waals surface area (Å²) in [6.45, 7) is 6.29. The van der Waals surface area contributed by atoms with Crippen LogP contribution in [0.2, 0.25) is 0 Å². The van der Waals surface area contributed by atoms with E-state index < -0.39 is 0 Å². The van der Waals surface area contributed by atoms with Crippen molar-refractivity contribution in [2.45, 2.75) is 32.4 Å². The van der Waals surface area contributed by atoms with Crippen molar-refractivity contribution in [2.75, 3.05) is 25.5 Å². The van der Waals surface area contributed by atoms with Gasteiger partial charge in [0.1, 0.15) is 0 Å². The Balaban J connectivity index is 1.80. The van der Waals surface area contributed by atoms with Crippen molar-refractivity contribution in [2.24, 2.45) is 0 Å². The van der Waals surface area contributed by atoms with Gasteiger partial charge in [0, 0.05) is 31.2 Å². The molecule has 1 atom stereocenters. The van der Waals surface area contributed by atoms with Gasteiger partial charge in [-0.25, -0.2) is 9.78 Å². The van der Waals surface area contributed by atoms with Crippen LogP contribution in [0.5, 0.6) is 5.88 Å². The van der Waals surface area contributed by atoms with Crippen LogP contribution in [-0.2, 0) is 0 Å². The number of methoxy groups -OCH3 is 1. The van der Waals surface area contributed by atoms with Gasteiger partial charge < -0.3 is 15.4 Å². The highest BCUT2D eigenvalue weighted by molar-refractivity contribution is 5.89. The Labute approximate surface area is 119 Å². The number of carbonyl (C=O) groups is 1. The summed E-state index contributed by atoms with van der Waals surface area (Å²) in [5, 5.41) is 5.77. The van der Waals surface area contributed by atoms with Crippen LogP contribution in [0.1, 0.15) is 20.3 Å². The second-order valence-corrected chi connectivity index (χ2v) is 5.26. The van der Waals surface area contributed by atoms with Crippen LogP contribution in [0.3, 0.4) is 0 Å². The summed E-state index contributed by atoms with van der Waals surface area (Å²) in [4.78, 5) is 18.3. The molecule has 0 bridgehead atoms. The molecule has 2 N–H and O–H groups in total. The first-order chi connectivity index (χ1) is 9.58. The smallest absolute Gasteiger partial charge is 0.319 e. The van der Waals surface area contributed by atoms with E-state index in [9.17, 15) is 4.79 Å².